The Morgan fingerprint density at radius 3 is 2.74 bits per heavy atom. The molecule has 1 aromatic heterocycles. The van der Waals surface area contributed by atoms with Crippen LogP contribution in [0.4, 0.5) is 0 Å². The summed E-state index contributed by atoms with van der Waals surface area (Å²) < 4.78 is 0. The highest BCUT2D eigenvalue weighted by atomic mass is 32.1. The van der Waals surface area contributed by atoms with Crippen LogP contribution in [0.15, 0.2) is 11.4 Å². The van der Waals surface area contributed by atoms with E-state index in [0.29, 0.717) is 18.0 Å². The molecule has 0 radical (unpaired) electrons. The van der Waals surface area contributed by atoms with Gasteiger partial charge in [-0.05, 0) is 36.9 Å². The number of likely N-dealkylation sites (N-methyl/N-ethyl adjacent to an activating group) is 1. The summed E-state index contributed by atoms with van der Waals surface area (Å²) in [6.45, 7) is 2.54. The third-order valence-corrected chi connectivity index (χ3v) is 4.19. The zero-order valence-corrected chi connectivity index (χ0v) is 11.8. The number of carbonyl (C=O) groups is 2. The van der Waals surface area contributed by atoms with Crippen molar-refractivity contribution in [2.75, 3.05) is 26.7 Å². The van der Waals surface area contributed by atoms with Crippen molar-refractivity contribution in [1.82, 2.24) is 9.80 Å². The molecule has 1 saturated heterocycles. The third kappa shape index (κ3) is 3.54. The average molecular weight is 282 g/mol. The molecular weight excluding hydrogens is 264 g/mol. The summed E-state index contributed by atoms with van der Waals surface area (Å²) in [5.74, 6) is -0.767. The lowest BCUT2D eigenvalue weighted by Gasteiger charge is -2.21. The van der Waals surface area contributed by atoms with E-state index in [1.165, 1.54) is 11.3 Å². The molecule has 0 bridgehead atoms. The average Bonchev–Trinajstić information content (AvgIpc) is 2.98. The van der Waals surface area contributed by atoms with Gasteiger partial charge in [0.15, 0.2) is 0 Å². The van der Waals surface area contributed by atoms with Crippen LogP contribution in [0.3, 0.4) is 0 Å². The zero-order valence-electron chi connectivity index (χ0n) is 11.0. The molecule has 1 aliphatic rings. The van der Waals surface area contributed by atoms with Gasteiger partial charge in [0.25, 0.3) is 0 Å². The SMILES string of the molecule is CN(CC(=O)N1CCCC1)Cc1ccsc1C(=O)O. The van der Waals surface area contributed by atoms with Gasteiger partial charge >= 0.3 is 5.97 Å². The summed E-state index contributed by atoms with van der Waals surface area (Å²) in [6, 6.07) is 1.81. The van der Waals surface area contributed by atoms with Crippen molar-refractivity contribution >= 4 is 23.2 Å². The van der Waals surface area contributed by atoms with Gasteiger partial charge in [0.05, 0.1) is 6.54 Å². The number of nitrogens with zero attached hydrogens (tertiary/aromatic N) is 2. The maximum absolute atomic E-state index is 12.0. The van der Waals surface area contributed by atoms with Crippen molar-refractivity contribution < 1.29 is 14.7 Å². The van der Waals surface area contributed by atoms with Crippen molar-refractivity contribution in [3.63, 3.8) is 0 Å². The summed E-state index contributed by atoms with van der Waals surface area (Å²) >= 11 is 1.22. The van der Waals surface area contributed by atoms with E-state index in [1.807, 2.05) is 22.9 Å². The van der Waals surface area contributed by atoms with E-state index in [9.17, 15) is 9.59 Å². The largest absolute Gasteiger partial charge is 0.477 e. The van der Waals surface area contributed by atoms with E-state index in [-0.39, 0.29) is 5.91 Å². The number of likely N-dealkylation sites (tertiary alicyclic amines) is 1. The zero-order chi connectivity index (χ0) is 13.8. The molecule has 2 rings (SSSR count). The number of carboxylic acids is 1. The second-order valence-corrected chi connectivity index (χ2v) is 5.76. The Morgan fingerprint density at radius 2 is 2.11 bits per heavy atom. The molecule has 0 saturated carbocycles. The van der Waals surface area contributed by atoms with Crippen LogP contribution in [0.1, 0.15) is 28.1 Å². The number of carboxylic acid groups (broad SMARTS) is 1. The number of hydrogen-bond donors (Lipinski definition) is 1. The molecule has 2 heterocycles. The van der Waals surface area contributed by atoms with Gasteiger partial charge in [0, 0.05) is 19.6 Å². The minimum absolute atomic E-state index is 0.132. The van der Waals surface area contributed by atoms with E-state index in [1.54, 1.807) is 5.38 Å². The number of thiophene rings is 1. The van der Waals surface area contributed by atoms with Crippen molar-refractivity contribution in [3.05, 3.63) is 21.9 Å². The van der Waals surface area contributed by atoms with Crippen molar-refractivity contribution in [1.29, 1.82) is 0 Å². The predicted octanol–water partition coefficient (Wildman–Crippen LogP) is 1.50. The first-order valence-corrected chi connectivity index (χ1v) is 7.22. The molecule has 1 N–H and O–H groups in total. The Morgan fingerprint density at radius 1 is 1.42 bits per heavy atom. The van der Waals surface area contributed by atoms with Gasteiger partial charge in [0.1, 0.15) is 4.88 Å². The van der Waals surface area contributed by atoms with Crippen LogP contribution in [0, 0.1) is 0 Å². The van der Waals surface area contributed by atoms with Gasteiger partial charge in [-0.25, -0.2) is 4.79 Å². The second kappa shape index (κ2) is 6.16. The summed E-state index contributed by atoms with van der Waals surface area (Å²) in [5.41, 5.74) is 0.772. The molecule has 0 atom stereocenters. The summed E-state index contributed by atoms with van der Waals surface area (Å²) in [4.78, 5) is 27.1. The number of rotatable bonds is 5. The van der Waals surface area contributed by atoms with Crippen molar-refractivity contribution in [3.8, 4) is 0 Å². The van der Waals surface area contributed by atoms with Crippen LogP contribution < -0.4 is 0 Å². The molecule has 5 nitrogen and oxygen atoms in total. The van der Waals surface area contributed by atoms with Crippen LogP contribution in [0.25, 0.3) is 0 Å². The lowest BCUT2D eigenvalue weighted by molar-refractivity contribution is -0.131. The second-order valence-electron chi connectivity index (χ2n) is 4.84. The molecule has 0 unspecified atom stereocenters. The van der Waals surface area contributed by atoms with E-state index in [0.717, 1.165) is 31.5 Å². The standard InChI is InChI=1S/C13H18N2O3S/c1-14(9-11(16)15-5-2-3-6-15)8-10-4-7-19-12(10)13(17)18/h4,7H,2-3,5-6,8-9H2,1H3,(H,17,18). The molecule has 1 amide bonds. The predicted molar refractivity (Wildman–Crippen MR) is 73.4 cm³/mol. The molecule has 1 aliphatic heterocycles. The topological polar surface area (TPSA) is 60.9 Å². The van der Waals surface area contributed by atoms with Gasteiger partial charge in [0.2, 0.25) is 5.91 Å². The highest BCUT2D eigenvalue weighted by Gasteiger charge is 2.20. The lowest BCUT2D eigenvalue weighted by atomic mass is 10.2. The maximum Gasteiger partial charge on any atom is 0.346 e. The highest BCUT2D eigenvalue weighted by molar-refractivity contribution is 7.12. The van der Waals surface area contributed by atoms with E-state index >= 15 is 0 Å². The van der Waals surface area contributed by atoms with Crippen LogP contribution in [0.2, 0.25) is 0 Å². The monoisotopic (exact) mass is 282 g/mol. The first kappa shape index (κ1) is 14.0. The molecule has 1 fully saturated rings. The van der Waals surface area contributed by atoms with E-state index in [2.05, 4.69) is 0 Å². The fourth-order valence-electron chi connectivity index (χ4n) is 2.29. The summed E-state index contributed by atoms with van der Waals surface area (Å²) in [6.07, 6.45) is 2.17. The van der Waals surface area contributed by atoms with Gasteiger partial charge < -0.3 is 10.0 Å². The number of amides is 1. The Balaban J connectivity index is 1.90. The minimum Gasteiger partial charge on any atom is -0.477 e. The summed E-state index contributed by atoms with van der Waals surface area (Å²) in [5, 5.41) is 10.8. The van der Waals surface area contributed by atoms with Crippen LogP contribution in [-0.2, 0) is 11.3 Å². The van der Waals surface area contributed by atoms with Crippen LogP contribution in [0.5, 0.6) is 0 Å². The van der Waals surface area contributed by atoms with Crippen LogP contribution in [-0.4, -0.2) is 53.5 Å². The van der Waals surface area contributed by atoms with Gasteiger partial charge in [-0.2, -0.15) is 0 Å². The number of carbonyl (C=O) groups excluding carboxylic acids is 1. The molecule has 1 aromatic rings. The minimum atomic E-state index is -0.899. The molecule has 0 aliphatic carbocycles. The quantitative estimate of drug-likeness (QED) is 0.889. The first-order valence-electron chi connectivity index (χ1n) is 6.34. The highest BCUT2D eigenvalue weighted by Crippen LogP contribution is 2.18. The summed E-state index contributed by atoms with van der Waals surface area (Å²) in [7, 11) is 1.84. The molecular formula is C13H18N2O3S. The van der Waals surface area contributed by atoms with Crippen molar-refractivity contribution in [2.45, 2.75) is 19.4 Å². The molecule has 6 heteroatoms. The third-order valence-electron chi connectivity index (χ3n) is 3.25. The van der Waals surface area contributed by atoms with Gasteiger partial charge in [-0.15, -0.1) is 11.3 Å². The Labute approximate surface area is 116 Å². The van der Waals surface area contributed by atoms with Crippen molar-refractivity contribution in [2.24, 2.45) is 0 Å². The Kier molecular flexibility index (Phi) is 4.55. The molecule has 19 heavy (non-hydrogen) atoms. The first-order chi connectivity index (χ1) is 9.08. The fourth-order valence-corrected chi connectivity index (χ4v) is 3.05. The van der Waals surface area contributed by atoms with Gasteiger partial charge in [-0.3, -0.25) is 9.69 Å². The van der Waals surface area contributed by atoms with E-state index < -0.39 is 5.97 Å². The molecule has 0 spiro atoms. The maximum atomic E-state index is 12.0. The Hall–Kier alpha value is -1.40. The Bertz CT molecular complexity index is 466. The normalized spacial score (nSPS) is 15.2. The lowest BCUT2D eigenvalue weighted by Crippen LogP contribution is -2.37. The molecule has 0 aromatic carbocycles. The van der Waals surface area contributed by atoms with E-state index in [4.69, 9.17) is 5.11 Å². The van der Waals surface area contributed by atoms with Crippen LogP contribution >= 0.6 is 11.3 Å². The fraction of sp³-hybridized carbons (Fsp3) is 0.538. The number of aromatic carboxylic acids is 1. The smallest absolute Gasteiger partial charge is 0.346 e. The van der Waals surface area contributed by atoms with Gasteiger partial charge in [-0.1, -0.05) is 0 Å². The molecule has 104 valence electrons. The number of hydrogen-bond acceptors (Lipinski definition) is 4.